The fourth-order valence-corrected chi connectivity index (χ4v) is 11.1. The van der Waals surface area contributed by atoms with Crippen LogP contribution >= 0.6 is 0 Å². The number of likely N-dealkylation sites (N-methyl/N-ethyl adjacent to an activating group) is 6. The van der Waals surface area contributed by atoms with E-state index in [0.717, 1.165) is 40.9 Å². The van der Waals surface area contributed by atoms with Gasteiger partial charge in [-0.2, -0.15) is 0 Å². The molecule has 490 valence electrons. The fraction of sp³-hybridized carbons (Fsp3) is 0.852. The molecule has 0 saturated carbocycles. The molecule has 3 unspecified atom stereocenters. The first-order valence-corrected chi connectivity index (χ1v) is 31.0. The van der Waals surface area contributed by atoms with Gasteiger partial charge in [0.1, 0.15) is 42.3 Å². The fourth-order valence-electron chi connectivity index (χ4n) is 11.1. The summed E-state index contributed by atoms with van der Waals surface area (Å²) in [6.45, 7) is 30.6. The van der Waals surface area contributed by atoms with Crippen molar-refractivity contribution in [2.24, 2.45) is 41.4 Å². The third-order valence-electron chi connectivity index (χ3n) is 16.5. The largest absolute Gasteiger partial charge is 0.417 e. The van der Waals surface area contributed by atoms with E-state index in [1.807, 2.05) is 81.2 Å². The van der Waals surface area contributed by atoms with E-state index in [2.05, 4.69) is 31.1 Å². The molecule has 0 spiro atoms. The Morgan fingerprint density at radius 2 is 1.01 bits per heavy atom. The highest BCUT2D eigenvalue weighted by Crippen LogP contribution is 2.25. The molecular weight excluding hydrogens is 1090 g/mol. The highest BCUT2D eigenvalue weighted by atomic mass is 16.6. The van der Waals surface area contributed by atoms with Crippen LogP contribution in [-0.4, -0.2) is 258 Å². The van der Waals surface area contributed by atoms with Crippen molar-refractivity contribution in [2.45, 2.75) is 209 Å². The number of amides is 8. The van der Waals surface area contributed by atoms with Gasteiger partial charge in [0.25, 0.3) is 0 Å². The molecule has 85 heavy (non-hydrogen) atoms. The first-order chi connectivity index (χ1) is 39.3. The Labute approximate surface area is 509 Å². The summed E-state index contributed by atoms with van der Waals surface area (Å²) >= 11 is 0. The predicted molar refractivity (Wildman–Crippen MR) is 328 cm³/mol. The van der Waals surface area contributed by atoms with E-state index in [-0.39, 0.29) is 48.9 Å². The van der Waals surface area contributed by atoms with Gasteiger partial charge >= 0.3 is 12.1 Å². The summed E-state index contributed by atoms with van der Waals surface area (Å²) in [5.41, 5.74) is 0. The Bertz CT molecular complexity index is 2190. The van der Waals surface area contributed by atoms with Crippen molar-refractivity contribution in [1.29, 1.82) is 0 Å². The van der Waals surface area contributed by atoms with Crippen molar-refractivity contribution in [3.8, 4) is 0 Å². The summed E-state index contributed by atoms with van der Waals surface area (Å²) in [7, 11) is 10.7. The third-order valence-corrected chi connectivity index (χ3v) is 16.5. The summed E-state index contributed by atoms with van der Waals surface area (Å²) in [6, 6.07) is -9.23. The summed E-state index contributed by atoms with van der Waals surface area (Å²) in [6.07, 6.45) is -3.61. The van der Waals surface area contributed by atoms with Gasteiger partial charge < -0.3 is 60.3 Å². The van der Waals surface area contributed by atoms with E-state index >= 15 is 9.59 Å². The highest BCUT2D eigenvalue weighted by Gasteiger charge is 2.45. The van der Waals surface area contributed by atoms with Crippen molar-refractivity contribution in [3.05, 3.63) is 0 Å². The smallest absolute Gasteiger partial charge is 0.391 e. The molecule has 2 saturated heterocycles. The Kier molecular flexibility index (Phi) is 31.4. The van der Waals surface area contributed by atoms with Gasteiger partial charge in [0, 0.05) is 61.4 Å². The molecule has 2 aliphatic heterocycles. The van der Waals surface area contributed by atoms with Crippen molar-refractivity contribution >= 4 is 53.4 Å². The van der Waals surface area contributed by atoms with E-state index < -0.39 is 139 Å². The molecule has 0 aromatic rings. The van der Waals surface area contributed by atoms with Gasteiger partial charge in [0.15, 0.2) is 0 Å². The monoisotopic (exact) mass is 1210 g/mol. The SMILES string of the molecule is CC(C)C[C@@H]1C(=O)N[C@H](CC(C)C)C(=O)N(C)C(C(C)C)C(=O)N(C)C([C@H](O)[C@H](C)CCN2CCN(C)CC2)C(=O)NC([C@@H](C)O)C(=O)N(C)CC(=O)N(C)[C@@H](CC(C)C)C(=O)N[C@H](CC(C)C)N(C)[C@H](CC(C)C)N[C@H](C)C(=O)OC(=O)N1C. The maximum absolute atomic E-state index is 15.2. The summed E-state index contributed by atoms with van der Waals surface area (Å²) in [4.78, 5) is 143. The Hall–Kier alpha value is -5.01. The van der Waals surface area contributed by atoms with Crippen molar-refractivity contribution in [2.75, 3.05) is 88.6 Å². The number of piperazine rings is 1. The van der Waals surface area contributed by atoms with Crippen LogP contribution < -0.4 is 21.3 Å². The van der Waals surface area contributed by atoms with Crippen LogP contribution in [-0.2, 0) is 43.1 Å². The van der Waals surface area contributed by atoms with Crippen LogP contribution in [0.25, 0.3) is 0 Å². The molecule has 2 fully saturated rings. The first-order valence-electron chi connectivity index (χ1n) is 31.0. The van der Waals surface area contributed by atoms with Crippen LogP contribution in [0.4, 0.5) is 4.79 Å². The molecule has 0 aromatic carbocycles. The number of rotatable bonds is 17. The molecule has 2 rings (SSSR count). The Balaban J connectivity index is 2.96. The molecule has 12 atom stereocenters. The summed E-state index contributed by atoms with van der Waals surface area (Å²) in [5.74, 6) is -7.48. The van der Waals surface area contributed by atoms with E-state index in [4.69, 9.17) is 4.74 Å². The zero-order valence-corrected chi connectivity index (χ0v) is 55.9. The van der Waals surface area contributed by atoms with Crippen LogP contribution in [0.1, 0.15) is 142 Å². The minimum Gasteiger partial charge on any atom is -0.391 e. The van der Waals surface area contributed by atoms with E-state index in [9.17, 15) is 43.8 Å². The summed E-state index contributed by atoms with van der Waals surface area (Å²) < 4.78 is 5.49. The van der Waals surface area contributed by atoms with Gasteiger partial charge in [-0.3, -0.25) is 48.7 Å². The maximum Gasteiger partial charge on any atom is 0.417 e. The van der Waals surface area contributed by atoms with Crippen LogP contribution in [0.5, 0.6) is 0 Å². The number of nitrogens with one attached hydrogen (secondary N) is 4. The molecule has 2 heterocycles. The third kappa shape index (κ3) is 23.2. The van der Waals surface area contributed by atoms with Crippen molar-refractivity contribution in [1.82, 2.24) is 60.5 Å². The van der Waals surface area contributed by atoms with Crippen LogP contribution in [0.3, 0.4) is 0 Å². The highest BCUT2D eigenvalue weighted by molar-refractivity contribution is 5.98. The van der Waals surface area contributed by atoms with E-state index in [0.29, 0.717) is 25.8 Å². The Morgan fingerprint density at radius 3 is 1.51 bits per heavy atom. The van der Waals surface area contributed by atoms with Gasteiger partial charge in [0.05, 0.1) is 31.1 Å². The van der Waals surface area contributed by atoms with E-state index in [1.165, 1.54) is 52.0 Å². The van der Waals surface area contributed by atoms with Gasteiger partial charge in [0.2, 0.25) is 41.4 Å². The molecule has 6 N–H and O–H groups in total. The lowest BCUT2D eigenvalue weighted by Crippen LogP contribution is -2.64. The maximum atomic E-state index is 15.2. The number of carbonyl (C=O) groups is 9. The molecule has 8 amide bonds. The minimum atomic E-state index is -1.69. The number of hydrogen-bond acceptors (Lipinski definition) is 16. The number of aliphatic hydroxyl groups is 2. The van der Waals surface area contributed by atoms with Crippen LogP contribution in [0.15, 0.2) is 0 Å². The summed E-state index contributed by atoms with van der Waals surface area (Å²) in [5, 5.41) is 35.6. The molecule has 24 heteroatoms. The second kappa shape index (κ2) is 35.1. The molecule has 0 radical (unpaired) electrons. The molecule has 0 aliphatic carbocycles. The average Bonchev–Trinajstić information content (AvgIpc) is 3.61. The van der Waals surface area contributed by atoms with Gasteiger partial charge in [-0.25, -0.2) is 9.59 Å². The van der Waals surface area contributed by atoms with E-state index in [1.54, 1.807) is 34.7 Å². The zero-order valence-electron chi connectivity index (χ0n) is 55.9. The number of carbonyl (C=O) groups excluding carboxylic acids is 9. The second-order valence-electron chi connectivity index (χ2n) is 27.0. The predicted octanol–water partition coefficient (Wildman–Crippen LogP) is 2.45. The quantitative estimate of drug-likeness (QED) is 0.0902. The number of ether oxygens (including phenoxy) is 1. The number of aliphatic hydroxyl groups excluding tert-OH is 2. The molecule has 0 bridgehead atoms. The second-order valence-corrected chi connectivity index (χ2v) is 27.0. The Morgan fingerprint density at radius 1 is 0.529 bits per heavy atom. The number of cyclic esters (lactones) is 2. The van der Waals surface area contributed by atoms with Gasteiger partial charge in [-0.15, -0.1) is 0 Å². The molecular formula is C61H114N12O12. The lowest BCUT2D eigenvalue weighted by atomic mass is 9.91. The molecule has 2 aliphatic rings. The van der Waals surface area contributed by atoms with Crippen molar-refractivity contribution in [3.63, 3.8) is 0 Å². The molecule has 24 nitrogen and oxygen atoms in total. The van der Waals surface area contributed by atoms with Crippen LogP contribution in [0, 0.1) is 41.4 Å². The van der Waals surface area contributed by atoms with Gasteiger partial charge in [-0.05, 0) is 114 Å². The van der Waals surface area contributed by atoms with Gasteiger partial charge in [-0.1, -0.05) is 90.0 Å². The number of hydrogen-bond donors (Lipinski definition) is 6. The number of esters is 1. The average molecular weight is 1210 g/mol. The van der Waals surface area contributed by atoms with Crippen LogP contribution in [0.2, 0.25) is 0 Å². The molecule has 0 aromatic heterocycles. The lowest BCUT2D eigenvalue weighted by molar-refractivity contribution is -0.155. The van der Waals surface area contributed by atoms with Crippen molar-refractivity contribution < 1.29 is 58.1 Å². The topological polar surface area (TPSA) is 277 Å². The standard InChI is InChI=1S/C61H114N12O12/c1-35(2)29-44-57(80)71(21)51(40(11)12)59(82)72(22)52(53(76)41(13)23-24-73-27-25-66(16)26-28-73)56(79)65-50(43(15)74)58(81)67(17)34-49(75)68(18)45(30-36(3)4)55(78)64-48(33-39(9)10)70(20)47(32-38(7)8)62-42(14)60(83)85-61(84)69(19)46(31-37(5)6)54(77)63-44/h35-48,50-53,62,74,76H,23-34H2,1-22H3,(H,63,77)(H,64,78)(H,65,79)/t41-,42-,43-,44-,45+,46-,47-,48+,50?,51?,52?,53-/m1/s1. The normalized spacial score (nSPS) is 27.6. The first kappa shape index (κ1) is 76.1. The lowest BCUT2D eigenvalue weighted by Gasteiger charge is -2.41. The minimum absolute atomic E-state index is 0.0541. The zero-order chi connectivity index (χ0) is 65.2. The number of nitrogens with zero attached hydrogens (tertiary/aromatic N) is 8.